The Morgan fingerprint density at radius 3 is 2.71 bits per heavy atom. The van der Waals surface area contributed by atoms with E-state index in [2.05, 4.69) is 5.32 Å². The lowest BCUT2D eigenvalue weighted by Gasteiger charge is -2.11. The minimum atomic E-state index is -0.819. The zero-order valence-electron chi connectivity index (χ0n) is 11.9. The van der Waals surface area contributed by atoms with Gasteiger partial charge < -0.3 is 10.4 Å². The van der Waals surface area contributed by atoms with Crippen LogP contribution in [0.15, 0.2) is 18.2 Å². The molecule has 4 nitrogen and oxygen atoms in total. The van der Waals surface area contributed by atoms with E-state index < -0.39 is 11.8 Å². The van der Waals surface area contributed by atoms with E-state index in [-0.39, 0.29) is 35.3 Å². The summed E-state index contributed by atoms with van der Waals surface area (Å²) in [7, 11) is 0. The van der Waals surface area contributed by atoms with E-state index >= 15 is 0 Å². The quantitative estimate of drug-likeness (QED) is 0.775. The summed E-state index contributed by atoms with van der Waals surface area (Å²) in [4.78, 5) is 22.2. The maximum absolute atomic E-state index is 13.5. The largest absolute Gasteiger partial charge is 0.481 e. The first-order valence-electron chi connectivity index (χ1n) is 6.81. The van der Waals surface area contributed by atoms with Crippen LogP contribution in [0.1, 0.15) is 31.7 Å². The predicted octanol–water partition coefficient (Wildman–Crippen LogP) is 3.03. The fourth-order valence-corrected chi connectivity index (χ4v) is 2.13. The van der Waals surface area contributed by atoms with Gasteiger partial charge in [0.25, 0.3) is 0 Å². The average Bonchev–Trinajstić information content (AvgIpc) is 2.41. The summed E-state index contributed by atoms with van der Waals surface area (Å²) in [6.07, 6.45) is 1.28. The molecule has 1 rings (SSSR count). The number of carbonyl (C=O) groups is 2. The minimum absolute atomic E-state index is 0.102. The van der Waals surface area contributed by atoms with Gasteiger partial charge in [-0.1, -0.05) is 24.6 Å². The highest BCUT2D eigenvalue weighted by molar-refractivity contribution is 6.31. The second-order valence-electron chi connectivity index (χ2n) is 5.05. The molecule has 0 aliphatic heterocycles. The van der Waals surface area contributed by atoms with Crippen molar-refractivity contribution in [3.05, 3.63) is 34.6 Å². The highest BCUT2D eigenvalue weighted by atomic mass is 35.5. The number of nitrogens with one attached hydrogen (secondary N) is 1. The number of rotatable bonds is 8. The molecule has 1 unspecified atom stereocenters. The Labute approximate surface area is 128 Å². The number of aliphatic carboxylic acids is 1. The molecule has 6 heteroatoms. The lowest BCUT2D eigenvalue weighted by atomic mass is 10.0. The summed E-state index contributed by atoms with van der Waals surface area (Å²) < 4.78 is 13.5. The topological polar surface area (TPSA) is 66.4 Å². The van der Waals surface area contributed by atoms with Gasteiger partial charge in [-0.15, -0.1) is 0 Å². The summed E-state index contributed by atoms with van der Waals surface area (Å²) in [6, 6.07) is 4.30. The molecule has 0 radical (unpaired) electrons. The van der Waals surface area contributed by atoms with Crippen LogP contribution < -0.4 is 5.32 Å². The van der Waals surface area contributed by atoms with Gasteiger partial charge in [0.2, 0.25) is 5.91 Å². The highest BCUT2D eigenvalue weighted by Crippen LogP contribution is 2.19. The van der Waals surface area contributed by atoms with Crippen molar-refractivity contribution in [1.82, 2.24) is 5.32 Å². The minimum Gasteiger partial charge on any atom is -0.481 e. The van der Waals surface area contributed by atoms with Crippen LogP contribution >= 0.6 is 11.6 Å². The number of amides is 1. The van der Waals surface area contributed by atoms with Crippen LogP contribution in [0.5, 0.6) is 0 Å². The first kappa shape index (κ1) is 17.4. The third kappa shape index (κ3) is 6.58. The Balaban J connectivity index is 2.33. The molecule has 0 aliphatic carbocycles. The standard InChI is InChI=1S/C15H19ClFNO3/c1-10(5-6-15(20)21)7-8-18-14(19)9-11-12(16)3-2-4-13(11)17/h2-4,10H,5-9H2,1H3,(H,18,19)(H,20,21). The molecule has 0 aromatic heterocycles. The van der Waals surface area contributed by atoms with E-state index in [0.29, 0.717) is 19.4 Å². The third-order valence-corrected chi connectivity index (χ3v) is 3.56. The van der Waals surface area contributed by atoms with E-state index in [4.69, 9.17) is 16.7 Å². The van der Waals surface area contributed by atoms with Crippen LogP contribution in [-0.4, -0.2) is 23.5 Å². The zero-order chi connectivity index (χ0) is 15.8. The van der Waals surface area contributed by atoms with Crippen LogP contribution in [-0.2, 0) is 16.0 Å². The van der Waals surface area contributed by atoms with Crippen molar-refractivity contribution in [2.24, 2.45) is 5.92 Å². The van der Waals surface area contributed by atoms with Gasteiger partial charge in [-0.05, 0) is 30.9 Å². The van der Waals surface area contributed by atoms with E-state index in [1.54, 1.807) is 6.07 Å². The summed E-state index contributed by atoms with van der Waals surface area (Å²) in [5.74, 6) is -1.40. The van der Waals surface area contributed by atoms with Crippen molar-refractivity contribution in [3.63, 3.8) is 0 Å². The Morgan fingerprint density at radius 2 is 2.10 bits per heavy atom. The van der Waals surface area contributed by atoms with Gasteiger partial charge in [0, 0.05) is 23.6 Å². The second kappa shape index (κ2) is 8.62. The molecular formula is C15H19ClFNO3. The zero-order valence-corrected chi connectivity index (χ0v) is 12.6. The Bertz CT molecular complexity index is 487. The average molecular weight is 316 g/mol. The van der Waals surface area contributed by atoms with E-state index in [9.17, 15) is 14.0 Å². The number of halogens is 2. The molecule has 116 valence electrons. The lowest BCUT2D eigenvalue weighted by molar-refractivity contribution is -0.137. The fourth-order valence-electron chi connectivity index (χ4n) is 1.90. The van der Waals surface area contributed by atoms with Gasteiger partial charge >= 0.3 is 5.97 Å². The Hall–Kier alpha value is -1.62. The third-order valence-electron chi connectivity index (χ3n) is 3.21. The van der Waals surface area contributed by atoms with Crippen molar-refractivity contribution >= 4 is 23.5 Å². The molecule has 0 aliphatic rings. The van der Waals surface area contributed by atoms with E-state index in [1.807, 2.05) is 6.92 Å². The molecule has 21 heavy (non-hydrogen) atoms. The van der Waals surface area contributed by atoms with Crippen LogP contribution in [0.4, 0.5) is 4.39 Å². The molecule has 1 aromatic rings. The number of carboxylic acid groups (broad SMARTS) is 1. The summed E-state index contributed by atoms with van der Waals surface area (Å²) >= 11 is 5.85. The fraction of sp³-hybridized carbons (Fsp3) is 0.467. The summed E-state index contributed by atoms with van der Waals surface area (Å²) in [6.45, 7) is 2.37. The molecule has 0 bridgehead atoms. The molecule has 0 saturated heterocycles. The Kier molecular flexibility index (Phi) is 7.15. The van der Waals surface area contributed by atoms with E-state index in [1.165, 1.54) is 12.1 Å². The van der Waals surface area contributed by atoms with Gasteiger partial charge in [0.05, 0.1) is 6.42 Å². The molecule has 0 spiro atoms. The SMILES string of the molecule is CC(CCNC(=O)Cc1c(F)cccc1Cl)CCC(=O)O. The van der Waals surface area contributed by atoms with E-state index in [0.717, 1.165) is 0 Å². The summed E-state index contributed by atoms with van der Waals surface area (Å²) in [5, 5.41) is 11.5. The van der Waals surface area contributed by atoms with Crippen molar-refractivity contribution in [2.45, 2.75) is 32.6 Å². The molecular weight excluding hydrogens is 297 g/mol. The highest BCUT2D eigenvalue weighted by Gasteiger charge is 2.12. The van der Waals surface area contributed by atoms with Crippen LogP contribution in [0.25, 0.3) is 0 Å². The van der Waals surface area contributed by atoms with Crippen molar-refractivity contribution in [2.75, 3.05) is 6.54 Å². The molecule has 0 saturated carbocycles. The normalized spacial score (nSPS) is 12.0. The van der Waals surface area contributed by atoms with Crippen LogP contribution in [0, 0.1) is 11.7 Å². The van der Waals surface area contributed by atoms with Gasteiger partial charge in [-0.2, -0.15) is 0 Å². The number of benzene rings is 1. The number of carbonyl (C=O) groups excluding carboxylic acids is 1. The van der Waals surface area contributed by atoms with Crippen molar-refractivity contribution in [3.8, 4) is 0 Å². The first-order chi connectivity index (χ1) is 9.90. The van der Waals surface area contributed by atoms with Gasteiger partial charge in [-0.25, -0.2) is 4.39 Å². The molecule has 0 heterocycles. The monoisotopic (exact) mass is 315 g/mol. The van der Waals surface area contributed by atoms with Crippen LogP contribution in [0.2, 0.25) is 5.02 Å². The first-order valence-corrected chi connectivity index (χ1v) is 7.19. The van der Waals surface area contributed by atoms with Crippen molar-refractivity contribution < 1.29 is 19.1 Å². The molecule has 1 atom stereocenters. The predicted molar refractivity (Wildman–Crippen MR) is 78.8 cm³/mol. The Morgan fingerprint density at radius 1 is 1.38 bits per heavy atom. The number of hydrogen-bond donors (Lipinski definition) is 2. The molecule has 0 fully saturated rings. The van der Waals surface area contributed by atoms with Crippen LogP contribution in [0.3, 0.4) is 0 Å². The maximum atomic E-state index is 13.5. The number of carboxylic acids is 1. The van der Waals surface area contributed by atoms with Gasteiger partial charge in [0.15, 0.2) is 0 Å². The smallest absolute Gasteiger partial charge is 0.303 e. The molecule has 2 N–H and O–H groups in total. The lowest BCUT2D eigenvalue weighted by Crippen LogP contribution is -2.27. The molecule has 1 aromatic carbocycles. The van der Waals surface area contributed by atoms with Gasteiger partial charge in [-0.3, -0.25) is 9.59 Å². The molecule has 1 amide bonds. The second-order valence-corrected chi connectivity index (χ2v) is 5.46. The maximum Gasteiger partial charge on any atom is 0.303 e. The summed E-state index contributed by atoms with van der Waals surface area (Å²) in [5.41, 5.74) is 0.190. The van der Waals surface area contributed by atoms with Crippen molar-refractivity contribution in [1.29, 1.82) is 0 Å². The van der Waals surface area contributed by atoms with Gasteiger partial charge in [0.1, 0.15) is 5.82 Å². The number of hydrogen-bond acceptors (Lipinski definition) is 2.